The largest absolute Gasteiger partial charge is 0.508 e. The average Bonchev–Trinajstić information content (AvgIpc) is 3.45. The van der Waals surface area contributed by atoms with Crippen LogP contribution in [0.3, 0.4) is 0 Å². The monoisotopic (exact) mass is 568 g/mol. The van der Waals surface area contributed by atoms with E-state index in [1.807, 2.05) is 30.3 Å². The lowest BCUT2D eigenvalue weighted by Gasteiger charge is -2.25. The number of aliphatic carboxylic acids is 1. The van der Waals surface area contributed by atoms with Crippen LogP contribution in [0, 0.1) is 0 Å². The molecule has 3 amide bonds. The van der Waals surface area contributed by atoms with Gasteiger partial charge in [-0.3, -0.25) is 14.4 Å². The second-order valence-electron chi connectivity index (χ2n) is 9.15. The predicted octanol–water partition coefficient (Wildman–Crippen LogP) is -0.0607. The number of imidazole rings is 1. The first-order valence-electron chi connectivity index (χ1n) is 12.5. The normalized spacial score (nSPS) is 13.8. The van der Waals surface area contributed by atoms with Crippen molar-refractivity contribution in [1.29, 1.82) is 0 Å². The molecule has 13 heteroatoms. The van der Waals surface area contributed by atoms with Crippen molar-refractivity contribution in [2.24, 2.45) is 5.73 Å². The van der Waals surface area contributed by atoms with Crippen LogP contribution < -0.4 is 21.7 Å². The second-order valence-corrected chi connectivity index (χ2v) is 9.52. The zero-order valence-electron chi connectivity index (χ0n) is 21.5. The Kier molecular flexibility index (Phi) is 11.1. The molecule has 2 aromatic carbocycles. The van der Waals surface area contributed by atoms with Crippen molar-refractivity contribution in [2.75, 3.05) is 5.75 Å². The number of benzene rings is 2. The summed E-state index contributed by atoms with van der Waals surface area (Å²) in [5.41, 5.74) is 8.13. The number of phenols is 1. The molecule has 3 aromatic rings. The van der Waals surface area contributed by atoms with Crippen molar-refractivity contribution in [1.82, 2.24) is 25.9 Å². The molecule has 40 heavy (non-hydrogen) atoms. The summed E-state index contributed by atoms with van der Waals surface area (Å²) < 4.78 is 0. The number of phenolic OH excluding ortho intramolecular Hbond substituents is 1. The van der Waals surface area contributed by atoms with E-state index in [0.717, 1.165) is 5.56 Å². The molecule has 4 unspecified atom stereocenters. The molecule has 0 aliphatic heterocycles. The van der Waals surface area contributed by atoms with E-state index < -0.39 is 47.9 Å². The Bertz CT molecular complexity index is 1270. The van der Waals surface area contributed by atoms with Crippen molar-refractivity contribution in [3.63, 3.8) is 0 Å². The minimum Gasteiger partial charge on any atom is -0.508 e. The fourth-order valence-corrected chi connectivity index (χ4v) is 4.12. The van der Waals surface area contributed by atoms with Crippen LogP contribution in [-0.4, -0.2) is 73.8 Å². The number of carbonyl (C=O) groups is 4. The van der Waals surface area contributed by atoms with Crippen LogP contribution >= 0.6 is 12.6 Å². The lowest BCUT2D eigenvalue weighted by Crippen LogP contribution is -2.58. The summed E-state index contributed by atoms with van der Waals surface area (Å²) in [5, 5.41) is 26.6. The van der Waals surface area contributed by atoms with Crippen molar-refractivity contribution in [2.45, 2.75) is 43.4 Å². The van der Waals surface area contributed by atoms with E-state index in [1.54, 1.807) is 12.1 Å². The minimum absolute atomic E-state index is 0.0239. The van der Waals surface area contributed by atoms with Crippen LogP contribution in [0.4, 0.5) is 0 Å². The summed E-state index contributed by atoms with van der Waals surface area (Å²) in [6, 6.07) is 10.7. The Labute approximate surface area is 236 Å². The molecular weight excluding hydrogens is 536 g/mol. The van der Waals surface area contributed by atoms with Crippen molar-refractivity contribution < 1.29 is 29.4 Å². The smallest absolute Gasteiger partial charge is 0.327 e. The van der Waals surface area contributed by atoms with Crippen molar-refractivity contribution in [3.05, 3.63) is 83.9 Å². The van der Waals surface area contributed by atoms with Gasteiger partial charge in [0.05, 0.1) is 12.4 Å². The second kappa shape index (κ2) is 14.7. The number of rotatable bonds is 14. The molecular formula is C27H32N6O6S. The van der Waals surface area contributed by atoms with Gasteiger partial charge in [-0.05, 0) is 29.7 Å². The van der Waals surface area contributed by atoms with Gasteiger partial charge in [0.2, 0.25) is 17.7 Å². The summed E-state index contributed by atoms with van der Waals surface area (Å²) >= 11 is 3.97. The van der Waals surface area contributed by atoms with Crippen LogP contribution in [0.25, 0.3) is 0 Å². The molecule has 8 N–H and O–H groups in total. The molecule has 3 rings (SSSR count). The van der Waals surface area contributed by atoms with Gasteiger partial charge in [-0.15, -0.1) is 0 Å². The number of nitrogens with two attached hydrogens (primary N) is 1. The Hall–Kier alpha value is -4.36. The van der Waals surface area contributed by atoms with E-state index >= 15 is 0 Å². The molecule has 0 aliphatic carbocycles. The number of hydrogen-bond acceptors (Lipinski definition) is 8. The van der Waals surface area contributed by atoms with Gasteiger partial charge in [0.15, 0.2) is 0 Å². The number of aromatic hydroxyl groups is 1. The standard InChI is InChI=1S/C27H32N6O6S/c28-20(10-16-4-2-1-3-5-16)24(35)31-21(11-17-6-8-19(34)9-7-17)25(36)32-22(12-18-13-29-15-30-18)26(37)33-23(14-40)27(38)39/h1-9,13,15,20-23,34,40H,10-12,14,28H2,(H,29,30)(H,31,35)(H,32,36)(H,33,37)(H,38,39). The number of aromatic amines is 1. The zero-order valence-corrected chi connectivity index (χ0v) is 22.4. The third-order valence-corrected chi connectivity index (χ3v) is 6.42. The van der Waals surface area contributed by atoms with Crippen LogP contribution in [0.5, 0.6) is 5.75 Å². The highest BCUT2D eigenvalue weighted by Crippen LogP contribution is 2.12. The lowest BCUT2D eigenvalue weighted by molar-refractivity contribution is -0.141. The molecule has 12 nitrogen and oxygen atoms in total. The number of carboxylic acid groups (broad SMARTS) is 1. The van der Waals surface area contributed by atoms with Gasteiger partial charge < -0.3 is 36.9 Å². The predicted molar refractivity (Wildman–Crippen MR) is 150 cm³/mol. The Morgan fingerprint density at radius 1 is 0.825 bits per heavy atom. The first-order chi connectivity index (χ1) is 19.2. The number of nitrogens with zero attached hydrogens (tertiary/aromatic N) is 1. The minimum atomic E-state index is -1.28. The van der Waals surface area contributed by atoms with E-state index in [-0.39, 0.29) is 30.8 Å². The van der Waals surface area contributed by atoms with Crippen LogP contribution in [-0.2, 0) is 38.4 Å². The van der Waals surface area contributed by atoms with E-state index in [2.05, 4.69) is 38.5 Å². The number of hydrogen-bond donors (Lipinski definition) is 8. The molecule has 4 atom stereocenters. The highest BCUT2D eigenvalue weighted by Gasteiger charge is 2.30. The number of nitrogens with one attached hydrogen (secondary N) is 4. The molecule has 0 bridgehead atoms. The molecule has 0 saturated carbocycles. The molecule has 0 radical (unpaired) electrons. The van der Waals surface area contributed by atoms with Crippen molar-refractivity contribution >= 4 is 36.3 Å². The lowest BCUT2D eigenvalue weighted by atomic mass is 10.0. The number of thiol groups is 1. The average molecular weight is 569 g/mol. The van der Waals surface area contributed by atoms with Gasteiger partial charge in [-0.2, -0.15) is 12.6 Å². The Morgan fingerprint density at radius 3 is 1.98 bits per heavy atom. The fraction of sp³-hybridized carbons (Fsp3) is 0.296. The van der Waals surface area contributed by atoms with Gasteiger partial charge in [-0.25, -0.2) is 9.78 Å². The van der Waals surface area contributed by atoms with Gasteiger partial charge in [0.25, 0.3) is 0 Å². The van der Waals surface area contributed by atoms with E-state index in [0.29, 0.717) is 11.3 Å². The maximum atomic E-state index is 13.5. The van der Waals surface area contributed by atoms with E-state index in [9.17, 15) is 29.4 Å². The first kappa shape index (κ1) is 30.2. The van der Waals surface area contributed by atoms with Crippen molar-refractivity contribution in [3.8, 4) is 5.75 Å². The molecule has 1 aromatic heterocycles. The molecule has 0 saturated heterocycles. The fourth-order valence-electron chi connectivity index (χ4n) is 3.87. The summed E-state index contributed by atoms with van der Waals surface area (Å²) in [6.45, 7) is 0. The Balaban J connectivity index is 1.80. The Morgan fingerprint density at radius 2 is 1.40 bits per heavy atom. The molecule has 0 aliphatic rings. The van der Waals surface area contributed by atoms with Gasteiger partial charge in [0.1, 0.15) is 23.9 Å². The maximum Gasteiger partial charge on any atom is 0.327 e. The van der Waals surface area contributed by atoms with Gasteiger partial charge >= 0.3 is 5.97 Å². The SMILES string of the molecule is NC(Cc1ccccc1)C(=O)NC(Cc1ccc(O)cc1)C(=O)NC(Cc1cnc[nH]1)C(=O)NC(CS)C(=O)O. The number of carboxylic acids is 1. The zero-order chi connectivity index (χ0) is 29.1. The highest BCUT2D eigenvalue weighted by atomic mass is 32.1. The van der Waals surface area contributed by atoms with Gasteiger partial charge in [0, 0.05) is 30.5 Å². The van der Waals surface area contributed by atoms with Crippen LogP contribution in [0.2, 0.25) is 0 Å². The highest BCUT2D eigenvalue weighted by molar-refractivity contribution is 7.80. The molecule has 0 fully saturated rings. The van der Waals surface area contributed by atoms with E-state index in [1.165, 1.54) is 24.7 Å². The van der Waals surface area contributed by atoms with Crippen LogP contribution in [0.15, 0.2) is 67.1 Å². The first-order valence-corrected chi connectivity index (χ1v) is 13.1. The molecule has 0 spiro atoms. The van der Waals surface area contributed by atoms with Crippen LogP contribution in [0.1, 0.15) is 16.8 Å². The summed E-state index contributed by atoms with van der Waals surface area (Å²) in [4.78, 5) is 57.8. The maximum absolute atomic E-state index is 13.5. The number of aromatic nitrogens is 2. The topological polar surface area (TPSA) is 200 Å². The summed E-state index contributed by atoms with van der Waals surface area (Å²) in [7, 11) is 0. The number of carbonyl (C=O) groups excluding carboxylic acids is 3. The molecule has 212 valence electrons. The number of amides is 3. The summed E-state index contributed by atoms with van der Waals surface area (Å²) in [5.74, 6) is -3.42. The summed E-state index contributed by atoms with van der Waals surface area (Å²) in [6.07, 6.45) is 3.12. The third-order valence-electron chi connectivity index (χ3n) is 6.05. The third kappa shape index (κ3) is 9.13. The van der Waals surface area contributed by atoms with E-state index in [4.69, 9.17) is 5.73 Å². The molecule has 1 heterocycles. The quantitative estimate of drug-likeness (QED) is 0.124. The van der Waals surface area contributed by atoms with Gasteiger partial charge in [-0.1, -0.05) is 42.5 Å². The number of H-pyrrole nitrogens is 1.